The molecule has 1 heterocycles. The van der Waals surface area contributed by atoms with E-state index in [0.29, 0.717) is 11.4 Å². The average molecular weight is 440 g/mol. The Morgan fingerprint density at radius 2 is 1.77 bits per heavy atom. The molecule has 0 saturated carbocycles. The van der Waals surface area contributed by atoms with Gasteiger partial charge in [0.05, 0.1) is 17.9 Å². The number of anilines is 2. The number of ketones is 1. The van der Waals surface area contributed by atoms with E-state index in [9.17, 15) is 9.59 Å². The van der Waals surface area contributed by atoms with Crippen molar-refractivity contribution in [2.75, 3.05) is 30.1 Å². The first-order chi connectivity index (χ1) is 14.4. The first-order valence-corrected chi connectivity index (χ1v) is 11.6. The highest BCUT2D eigenvalue weighted by molar-refractivity contribution is 8.01. The summed E-state index contributed by atoms with van der Waals surface area (Å²) in [7, 11) is 3.95. The van der Waals surface area contributed by atoms with E-state index in [0.717, 1.165) is 27.7 Å². The third kappa shape index (κ3) is 6.18. The number of hydrogen-bond acceptors (Lipinski definition) is 6. The van der Waals surface area contributed by atoms with Gasteiger partial charge in [0.1, 0.15) is 0 Å². The molecule has 5 nitrogen and oxygen atoms in total. The van der Waals surface area contributed by atoms with E-state index in [2.05, 4.69) is 17.2 Å². The molecular weight excluding hydrogens is 414 g/mol. The van der Waals surface area contributed by atoms with Crippen LogP contribution in [0.15, 0.2) is 58.3 Å². The van der Waals surface area contributed by atoms with E-state index in [1.54, 1.807) is 0 Å². The fourth-order valence-corrected chi connectivity index (χ4v) is 4.52. The molecule has 0 spiro atoms. The van der Waals surface area contributed by atoms with Crippen LogP contribution in [0.25, 0.3) is 0 Å². The van der Waals surface area contributed by atoms with Gasteiger partial charge < -0.3 is 10.2 Å². The van der Waals surface area contributed by atoms with Gasteiger partial charge >= 0.3 is 0 Å². The normalized spacial score (nSPS) is 10.6. The number of amides is 1. The minimum atomic E-state index is -0.110. The van der Waals surface area contributed by atoms with Crippen molar-refractivity contribution < 1.29 is 9.59 Å². The summed E-state index contributed by atoms with van der Waals surface area (Å²) in [5, 5.41) is 4.77. The first kappa shape index (κ1) is 22.1. The number of aromatic nitrogens is 1. The van der Waals surface area contributed by atoms with Gasteiger partial charge in [0, 0.05) is 36.4 Å². The summed E-state index contributed by atoms with van der Waals surface area (Å²) in [5.41, 5.74) is 4.48. The second kappa shape index (κ2) is 10.4. The van der Waals surface area contributed by atoms with Crippen LogP contribution in [-0.2, 0) is 17.6 Å². The maximum absolute atomic E-state index is 12.4. The molecular formula is C23H25N3O2S2. The maximum Gasteiger partial charge on any atom is 0.230 e. The zero-order valence-electron chi connectivity index (χ0n) is 17.3. The zero-order chi connectivity index (χ0) is 21.5. The zero-order valence-corrected chi connectivity index (χ0v) is 19.0. The Bertz CT molecular complexity index is 996. The van der Waals surface area contributed by atoms with Gasteiger partial charge in [-0.05, 0) is 36.2 Å². The summed E-state index contributed by atoms with van der Waals surface area (Å²) in [6, 6.07) is 15.4. The summed E-state index contributed by atoms with van der Waals surface area (Å²) >= 11 is 2.87. The third-order valence-electron chi connectivity index (χ3n) is 4.55. The Morgan fingerprint density at radius 1 is 1.07 bits per heavy atom. The number of Topliss-reactive ketones (excluding diaryl/α,β-unsaturated/α-hetero) is 1. The van der Waals surface area contributed by atoms with Gasteiger partial charge in [0.15, 0.2) is 10.1 Å². The molecule has 0 saturated heterocycles. The average Bonchev–Trinajstić information content (AvgIpc) is 3.19. The van der Waals surface area contributed by atoms with E-state index < -0.39 is 0 Å². The van der Waals surface area contributed by atoms with Crippen LogP contribution < -0.4 is 10.2 Å². The first-order valence-electron chi connectivity index (χ1n) is 9.71. The van der Waals surface area contributed by atoms with Gasteiger partial charge in [-0.3, -0.25) is 9.59 Å². The minimum absolute atomic E-state index is 0.0818. The van der Waals surface area contributed by atoms with E-state index >= 15 is 0 Å². The molecule has 30 heavy (non-hydrogen) atoms. The van der Waals surface area contributed by atoms with Crippen LogP contribution in [0.4, 0.5) is 11.4 Å². The number of aryl methyl sites for hydroxylation is 1. The van der Waals surface area contributed by atoms with Gasteiger partial charge in [-0.15, -0.1) is 11.3 Å². The van der Waals surface area contributed by atoms with Crippen LogP contribution >= 0.6 is 23.1 Å². The van der Waals surface area contributed by atoms with Crippen LogP contribution in [0.5, 0.6) is 0 Å². The summed E-state index contributed by atoms with van der Waals surface area (Å²) in [5.74, 6) is 0.308. The van der Waals surface area contributed by atoms with Crippen molar-refractivity contribution in [1.82, 2.24) is 4.98 Å². The van der Waals surface area contributed by atoms with E-state index in [1.165, 1.54) is 28.7 Å². The molecule has 0 aliphatic carbocycles. The standard InChI is InChI=1S/C23H25N3O2S2/c1-4-16-5-7-17(8-6-16)21(27)15-30-23-25-19(14-29-23)13-22(28)24-18-9-11-20(12-10-18)26(2)3/h5-12,14H,4,13,15H2,1-3H3,(H,24,28). The molecule has 156 valence electrons. The van der Waals surface area contributed by atoms with E-state index in [-0.39, 0.29) is 18.1 Å². The van der Waals surface area contributed by atoms with Crippen molar-refractivity contribution >= 4 is 46.2 Å². The molecule has 0 bridgehead atoms. The largest absolute Gasteiger partial charge is 0.378 e. The monoisotopic (exact) mass is 439 g/mol. The quantitative estimate of drug-likeness (QED) is 0.378. The van der Waals surface area contributed by atoms with Gasteiger partial charge in [-0.1, -0.05) is 43.0 Å². The number of nitrogens with zero attached hydrogens (tertiary/aromatic N) is 2. The molecule has 0 aliphatic heterocycles. The smallest absolute Gasteiger partial charge is 0.230 e. The van der Waals surface area contributed by atoms with Crippen molar-refractivity contribution in [3.05, 3.63) is 70.7 Å². The summed E-state index contributed by atoms with van der Waals surface area (Å²) in [6.07, 6.45) is 1.17. The van der Waals surface area contributed by atoms with Crippen molar-refractivity contribution in [2.45, 2.75) is 24.1 Å². The lowest BCUT2D eigenvalue weighted by atomic mass is 10.1. The number of hydrogen-bond donors (Lipinski definition) is 1. The van der Waals surface area contributed by atoms with Crippen molar-refractivity contribution in [3.8, 4) is 0 Å². The summed E-state index contributed by atoms with van der Waals surface area (Å²) < 4.78 is 0.798. The van der Waals surface area contributed by atoms with Crippen LogP contribution in [0.1, 0.15) is 28.5 Å². The molecule has 0 radical (unpaired) electrons. The van der Waals surface area contributed by atoms with Crippen LogP contribution in [0.2, 0.25) is 0 Å². The number of nitrogens with one attached hydrogen (secondary N) is 1. The molecule has 0 unspecified atom stereocenters. The number of benzene rings is 2. The highest BCUT2D eigenvalue weighted by Crippen LogP contribution is 2.24. The van der Waals surface area contributed by atoms with Gasteiger partial charge in [0.25, 0.3) is 0 Å². The van der Waals surface area contributed by atoms with Crippen molar-refractivity contribution in [2.24, 2.45) is 0 Å². The number of thioether (sulfide) groups is 1. The molecule has 7 heteroatoms. The molecule has 1 amide bonds. The predicted molar refractivity (Wildman–Crippen MR) is 126 cm³/mol. The van der Waals surface area contributed by atoms with E-state index in [1.807, 2.05) is 72.9 Å². The van der Waals surface area contributed by atoms with Gasteiger partial charge in [-0.25, -0.2) is 4.98 Å². The lowest BCUT2D eigenvalue weighted by Gasteiger charge is -2.12. The Balaban J connectivity index is 1.49. The number of thiazole rings is 1. The molecule has 1 N–H and O–H groups in total. The second-order valence-corrected chi connectivity index (χ2v) is 9.11. The Labute approximate surface area is 185 Å². The second-order valence-electron chi connectivity index (χ2n) is 7.03. The Kier molecular flexibility index (Phi) is 7.65. The number of carbonyl (C=O) groups is 2. The number of carbonyl (C=O) groups excluding carboxylic acids is 2. The van der Waals surface area contributed by atoms with Crippen LogP contribution in [-0.4, -0.2) is 36.5 Å². The number of rotatable bonds is 9. The van der Waals surface area contributed by atoms with Gasteiger partial charge in [-0.2, -0.15) is 0 Å². The van der Waals surface area contributed by atoms with Crippen molar-refractivity contribution in [1.29, 1.82) is 0 Å². The highest BCUT2D eigenvalue weighted by Gasteiger charge is 2.11. The molecule has 0 aliphatic rings. The van der Waals surface area contributed by atoms with Crippen LogP contribution in [0.3, 0.4) is 0 Å². The highest BCUT2D eigenvalue weighted by atomic mass is 32.2. The molecule has 3 rings (SSSR count). The predicted octanol–water partition coefficient (Wildman–Crippen LogP) is 4.93. The lowest BCUT2D eigenvalue weighted by molar-refractivity contribution is -0.115. The molecule has 0 fully saturated rings. The summed E-state index contributed by atoms with van der Waals surface area (Å²) in [6.45, 7) is 2.09. The third-order valence-corrected chi connectivity index (χ3v) is 6.62. The molecule has 3 aromatic rings. The Hall–Kier alpha value is -2.64. The fraction of sp³-hybridized carbons (Fsp3) is 0.261. The fourth-order valence-electron chi connectivity index (χ4n) is 2.79. The molecule has 2 aromatic carbocycles. The molecule has 0 atom stereocenters. The van der Waals surface area contributed by atoms with E-state index in [4.69, 9.17) is 0 Å². The van der Waals surface area contributed by atoms with Crippen molar-refractivity contribution in [3.63, 3.8) is 0 Å². The summed E-state index contributed by atoms with van der Waals surface area (Å²) in [4.78, 5) is 31.1. The maximum atomic E-state index is 12.4. The lowest BCUT2D eigenvalue weighted by Crippen LogP contribution is -2.15. The van der Waals surface area contributed by atoms with Crippen LogP contribution in [0, 0.1) is 0 Å². The SMILES string of the molecule is CCc1ccc(C(=O)CSc2nc(CC(=O)Nc3ccc(N(C)C)cc3)cs2)cc1. The topological polar surface area (TPSA) is 62.3 Å². The molecule has 1 aromatic heterocycles. The minimum Gasteiger partial charge on any atom is -0.378 e. The Morgan fingerprint density at radius 3 is 2.40 bits per heavy atom. The van der Waals surface area contributed by atoms with Gasteiger partial charge in [0.2, 0.25) is 5.91 Å².